The van der Waals surface area contributed by atoms with Crippen LogP contribution in [0.3, 0.4) is 0 Å². The van der Waals surface area contributed by atoms with Crippen LogP contribution < -0.4 is 14.4 Å². The van der Waals surface area contributed by atoms with E-state index in [2.05, 4.69) is 27.9 Å². The van der Waals surface area contributed by atoms with Crippen LogP contribution in [0.2, 0.25) is 0 Å². The van der Waals surface area contributed by atoms with Crippen molar-refractivity contribution in [2.75, 3.05) is 18.0 Å². The van der Waals surface area contributed by atoms with Gasteiger partial charge in [0.05, 0.1) is 17.7 Å². The number of ether oxygens (including phenoxy) is 1. The summed E-state index contributed by atoms with van der Waals surface area (Å²) in [7, 11) is -2.50. The molecule has 3 aromatic carbocycles. The van der Waals surface area contributed by atoms with Crippen LogP contribution in [-0.2, 0) is 26.2 Å². The minimum absolute atomic E-state index is 0.0833. The first-order chi connectivity index (χ1) is 20.2. The molecule has 0 aromatic heterocycles. The van der Waals surface area contributed by atoms with Crippen molar-refractivity contribution < 1.29 is 22.7 Å². The third-order valence-corrected chi connectivity index (χ3v) is 10.1. The molecular weight excluding hydrogens is 665 g/mol. The van der Waals surface area contributed by atoms with Crippen molar-refractivity contribution in [3.8, 4) is 5.75 Å². The van der Waals surface area contributed by atoms with Crippen molar-refractivity contribution in [1.29, 1.82) is 0 Å². The first-order valence-corrected chi connectivity index (χ1v) is 16.8. The zero-order chi connectivity index (χ0) is 30.1. The number of nitrogens with one attached hydrogen (secondary N) is 1. The van der Waals surface area contributed by atoms with Crippen LogP contribution in [0.5, 0.6) is 5.75 Å². The van der Waals surface area contributed by atoms with E-state index in [1.807, 2.05) is 19.1 Å². The number of hydrogen-bond acceptors (Lipinski definition) is 5. The van der Waals surface area contributed by atoms with Gasteiger partial charge in [0.15, 0.2) is 0 Å². The molecule has 1 aliphatic carbocycles. The fourth-order valence-electron chi connectivity index (χ4n) is 5.25. The highest BCUT2D eigenvalue weighted by Gasteiger charge is 2.34. The van der Waals surface area contributed by atoms with E-state index >= 15 is 0 Å². The lowest BCUT2D eigenvalue weighted by Gasteiger charge is -2.34. The fraction of sp³-hybridized carbons (Fsp3) is 0.375. The van der Waals surface area contributed by atoms with Gasteiger partial charge in [-0.3, -0.25) is 13.9 Å². The summed E-state index contributed by atoms with van der Waals surface area (Å²) in [6.07, 6.45) is 5.53. The zero-order valence-corrected chi connectivity index (χ0v) is 27.0. The Balaban J connectivity index is 1.69. The number of nitrogens with zero attached hydrogens (tertiary/aromatic N) is 2. The first-order valence-electron chi connectivity index (χ1n) is 14.3. The fourth-order valence-corrected chi connectivity index (χ4v) is 7.04. The standard InChI is InChI=1S/C32H38IN3O5S/c1-3-30(32(38)34-26-10-6-4-7-11-26)35(22-24-14-20-28(41-2)21-15-24)31(37)23-36(27-18-16-25(33)17-19-27)42(39,40)29-12-8-5-9-13-29/h5,8-9,12-21,26,30H,3-4,6-7,10-11,22-23H2,1-2H3,(H,34,38)/t30-/m1/s1. The Morgan fingerprint density at radius 3 is 2.19 bits per heavy atom. The summed E-state index contributed by atoms with van der Waals surface area (Å²) in [5.74, 6) is 0.00469. The molecule has 1 fully saturated rings. The molecule has 1 N–H and O–H groups in total. The summed E-state index contributed by atoms with van der Waals surface area (Å²) in [6.45, 7) is 1.56. The van der Waals surface area contributed by atoms with Gasteiger partial charge in [-0.05, 0) is 95.9 Å². The topological polar surface area (TPSA) is 96.0 Å². The minimum Gasteiger partial charge on any atom is -0.497 e. The van der Waals surface area contributed by atoms with E-state index < -0.39 is 28.5 Å². The van der Waals surface area contributed by atoms with E-state index in [0.29, 0.717) is 17.9 Å². The van der Waals surface area contributed by atoms with Gasteiger partial charge >= 0.3 is 0 Å². The molecule has 1 aliphatic rings. The number of anilines is 1. The lowest BCUT2D eigenvalue weighted by Crippen LogP contribution is -2.54. The molecule has 1 atom stereocenters. The highest BCUT2D eigenvalue weighted by molar-refractivity contribution is 14.1. The number of benzene rings is 3. The summed E-state index contributed by atoms with van der Waals surface area (Å²) in [5.41, 5.74) is 1.18. The molecule has 10 heteroatoms. The number of hydrogen-bond donors (Lipinski definition) is 1. The maximum atomic E-state index is 14.2. The maximum absolute atomic E-state index is 14.2. The molecule has 8 nitrogen and oxygen atoms in total. The average Bonchev–Trinajstić information content (AvgIpc) is 3.01. The van der Waals surface area contributed by atoms with E-state index in [0.717, 1.165) is 45.5 Å². The van der Waals surface area contributed by atoms with Crippen LogP contribution in [0.25, 0.3) is 0 Å². The third kappa shape index (κ3) is 8.03. The number of halogens is 1. The third-order valence-electron chi connectivity index (χ3n) is 7.57. The van der Waals surface area contributed by atoms with Gasteiger partial charge in [-0.2, -0.15) is 0 Å². The van der Waals surface area contributed by atoms with Crippen molar-refractivity contribution in [3.05, 3.63) is 88.0 Å². The summed E-state index contributed by atoms with van der Waals surface area (Å²) in [6, 6.07) is 21.7. The van der Waals surface area contributed by atoms with Crippen LogP contribution in [0.4, 0.5) is 5.69 Å². The summed E-state index contributed by atoms with van der Waals surface area (Å²) in [5, 5.41) is 3.17. The molecule has 0 saturated heterocycles. The molecule has 42 heavy (non-hydrogen) atoms. The van der Waals surface area contributed by atoms with E-state index in [4.69, 9.17) is 4.74 Å². The number of amides is 2. The molecule has 0 aliphatic heterocycles. The summed E-state index contributed by atoms with van der Waals surface area (Å²) < 4.78 is 35.2. The predicted octanol–water partition coefficient (Wildman–Crippen LogP) is 5.75. The van der Waals surface area contributed by atoms with Gasteiger partial charge in [0.1, 0.15) is 18.3 Å². The highest BCUT2D eigenvalue weighted by atomic mass is 127. The van der Waals surface area contributed by atoms with E-state index in [9.17, 15) is 18.0 Å². The highest BCUT2D eigenvalue weighted by Crippen LogP contribution is 2.26. The minimum atomic E-state index is -4.09. The largest absolute Gasteiger partial charge is 0.497 e. The smallest absolute Gasteiger partial charge is 0.264 e. The van der Waals surface area contributed by atoms with E-state index in [1.54, 1.807) is 61.7 Å². The second-order valence-electron chi connectivity index (χ2n) is 10.4. The average molecular weight is 704 g/mol. The van der Waals surface area contributed by atoms with Crippen LogP contribution >= 0.6 is 22.6 Å². The Morgan fingerprint density at radius 1 is 0.952 bits per heavy atom. The normalized spacial score (nSPS) is 14.5. The van der Waals surface area contributed by atoms with Crippen LogP contribution in [0.15, 0.2) is 83.8 Å². The molecular formula is C32H38IN3O5S. The second-order valence-corrected chi connectivity index (χ2v) is 13.5. The molecule has 3 aromatic rings. The molecule has 0 spiro atoms. The lowest BCUT2D eigenvalue weighted by atomic mass is 9.95. The Hall–Kier alpha value is -3.12. The Labute approximate surface area is 262 Å². The van der Waals surface area contributed by atoms with Gasteiger partial charge in [0.25, 0.3) is 10.0 Å². The first kappa shape index (κ1) is 31.8. The molecule has 0 unspecified atom stereocenters. The number of rotatable bonds is 12. The Morgan fingerprint density at radius 2 is 1.60 bits per heavy atom. The molecule has 0 heterocycles. The monoisotopic (exact) mass is 703 g/mol. The Kier molecular flexibility index (Phi) is 11.3. The second kappa shape index (κ2) is 14.9. The van der Waals surface area contributed by atoms with Crippen molar-refractivity contribution in [1.82, 2.24) is 10.2 Å². The van der Waals surface area contributed by atoms with Crippen molar-refractivity contribution in [3.63, 3.8) is 0 Å². The van der Waals surface area contributed by atoms with Gasteiger partial charge in [0.2, 0.25) is 11.8 Å². The van der Waals surface area contributed by atoms with Crippen LogP contribution in [0, 0.1) is 3.57 Å². The van der Waals surface area contributed by atoms with Crippen molar-refractivity contribution in [2.24, 2.45) is 0 Å². The lowest BCUT2D eigenvalue weighted by molar-refractivity contribution is -0.140. The number of methoxy groups -OCH3 is 1. The van der Waals surface area contributed by atoms with Crippen molar-refractivity contribution >= 4 is 50.1 Å². The number of carbonyl (C=O) groups is 2. The SMILES string of the molecule is CC[C@H](C(=O)NC1CCCCC1)N(Cc1ccc(OC)cc1)C(=O)CN(c1ccc(I)cc1)S(=O)(=O)c1ccccc1. The predicted molar refractivity (Wildman–Crippen MR) is 173 cm³/mol. The Bertz CT molecular complexity index is 1430. The van der Waals surface area contributed by atoms with Gasteiger partial charge in [0, 0.05) is 16.2 Å². The van der Waals surface area contributed by atoms with Gasteiger partial charge in [-0.1, -0.05) is 56.5 Å². The summed E-state index contributed by atoms with van der Waals surface area (Å²) >= 11 is 2.15. The number of sulfonamides is 1. The quantitative estimate of drug-likeness (QED) is 0.243. The van der Waals surface area contributed by atoms with Gasteiger partial charge < -0.3 is 15.0 Å². The van der Waals surface area contributed by atoms with Crippen LogP contribution in [0.1, 0.15) is 51.0 Å². The summed E-state index contributed by atoms with van der Waals surface area (Å²) in [4.78, 5) is 29.4. The molecule has 0 bridgehead atoms. The zero-order valence-electron chi connectivity index (χ0n) is 24.0. The molecule has 1 saturated carbocycles. The maximum Gasteiger partial charge on any atom is 0.264 e. The molecule has 2 amide bonds. The van der Waals surface area contributed by atoms with Gasteiger partial charge in [-0.25, -0.2) is 8.42 Å². The van der Waals surface area contributed by atoms with E-state index in [1.165, 1.54) is 17.0 Å². The molecule has 224 valence electrons. The van der Waals surface area contributed by atoms with Crippen LogP contribution in [-0.4, -0.2) is 50.9 Å². The van der Waals surface area contributed by atoms with Gasteiger partial charge in [-0.15, -0.1) is 0 Å². The van der Waals surface area contributed by atoms with E-state index in [-0.39, 0.29) is 23.4 Å². The number of carbonyl (C=O) groups excluding carboxylic acids is 2. The molecule has 4 rings (SSSR count). The van der Waals surface area contributed by atoms with Crippen molar-refractivity contribution in [2.45, 2.75) is 69.0 Å². The molecule has 0 radical (unpaired) electrons.